The quantitative estimate of drug-likeness (QED) is 0.676. The lowest BCUT2D eigenvalue weighted by atomic mass is 9.88. The summed E-state index contributed by atoms with van der Waals surface area (Å²) in [6.07, 6.45) is 7.46. The van der Waals surface area contributed by atoms with Gasteiger partial charge in [0.05, 0.1) is 11.4 Å². The number of pyridine rings is 2. The molecular weight excluding hydrogens is 374 g/mol. The second-order valence-electron chi connectivity index (χ2n) is 8.84. The number of likely N-dealkylation sites (tertiary alicyclic amines) is 1. The van der Waals surface area contributed by atoms with E-state index >= 15 is 0 Å². The van der Waals surface area contributed by atoms with Crippen LogP contribution >= 0.6 is 0 Å². The zero-order valence-corrected chi connectivity index (χ0v) is 17.2. The molecule has 3 aromatic heterocycles. The van der Waals surface area contributed by atoms with Crippen LogP contribution in [0.4, 0.5) is 5.69 Å². The Hall–Kier alpha value is -3.15. The molecule has 1 amide bonds. The predicted octanol–water partition coefficient (Wildman–Crippen LogP) is 3.55. The number of amides is 1. The number of hydrogen-bond donors (Lipinski definition) is 0. The highest BCUT2D eigenvalue weighted by molar-refractivity contribution is 5.92. The molecule has 0 N–H and O–H groups in total. The van der Waals surface area contributed by atoms with Gasteiger partial charge >= 0.3 is 0 Å². The lowest BCUT2D eigenvalue weighted by Crippen LogP contribution is -2.53. The maximum atomic E-state index is 13.3. The SMILES string of the molecule is Cc1cccc(C(=O)N2CC[C@@]3(C2)c2cccn2-c2ncccc2N3CC2CC2)n1. The molecule has 1 saturated heterocycles. The van der Waals surface area contributed by atoms with E-state index < -0.39 is 0 Å². The van der Waals surface area contributed by atoms with E-state index in [4.69, 9.17) is 4.98 Å². The smallest absolute Gasteiger partial charge is 0.272 e. The Labute approximate surface area is 176 Å². The van der Waals surface area contributed by atoms with Crippen LogP contribution in [0.25, 0.3) is 5.82 Å². The molecule has 1 saturated carbocycles. The van der Waals surface area contributed by atoms with E-state index in [1.54, 1.807) is 0 Å². The Morgan fingerprint density at radius 1 is 1.17 bits per heavy atom. The first-order valence-corrected chi connectivity index (χ1v) is 10.8. The van der Waals surface area contributed by atoms with Crippen molar-refractivity contribution in [1.29, 1.82) is 0 Å². The summed E-state index contributed by atoms with van der Waals surface area (Å²) in [5, 5.41) is 0. The molecule has 6 heteroatoms. The summed E-state index contributed by atoms with van der Waals surface area (Å²) in [4.78, 5) is 27.0. The number of aromatic nitrogens is 3. The van der Waals surface area contributed by atoms with E-state index in [0.717, 1.165) is 36.9 Å². The van der Waals surface area contributed by atoms with Crippen molar-refractivity contribution in [3.8, 4) is 5.82 Å². The van der Waals surface area contributed by atoms with Crippen molar-refractivity contribution in [2.75, 3.05) is 24.5 Å². The van der Waals surface area contributed by atoms with E-state index in [1.165, 1.54) is 24.2 Å². The van der Waals surface area contributed by atoms with E-state index in [0.29, 0.717) is 12.2 Å². The summed E-state index contributed by atoms with van der Waals surface area (Å²) in [5.41, 5.74) is 3.60. The van der Waals surface area contributed by atoms with E-state index in [-0.39, 0.29) is 11.4 Å². The molecule has 152 valence electrons. The average Bonchev–Trinajstić information content (AvgIpc) is 3.25. The number of carbonyl (C=O) groups excluding carboxylic acids is 1. The Bertz CT molecular complexity index is 1130. The van der Waals surface area contributed by atoms with Gasteiger partial charge in [0.15, 0.2) is 5.82 Å². The van der Waals surface area contributed by atoms with Crippen LogP contribution in [0, 0.1) is 12.8 Å². The molecule has 1 spiro atoms. The summed E-state index contributed by atoms with van der Waals surface area (Å²) in [5.74, 6) is 1.76. The molecular formula is C24H25N5O. The first-order chi connectivity index (χ1) is 14.7. The molecule has 0 aromatic carbocycles. The van der Waals surface area contributed by atoms with Gasteiger partial charge in [-0.2, -0.15) is 0 Å². The Morgan fingerprint density at radius 3 is 2.90 bits per heavy atom. The highest BCUT2D eigenvalue weighted by Gasteiger charge is 2.51. The lowest BCUT2D eigenvalue weighted by molar-refractivity contribution is 0.0776. The topological polar surface area (TPSA) is 54.3 Å². The molecule has 5 heterocycles. The highest BCUT2D eigenvalue weighted by Crippen LogP contribution is 2.49. The van der Waals surface area contributed by atoms with Gasteiger partial charge < -0.3 is 14.4 Å². The Balaban J connectivity index is 1.42. The molecule has 2 fully saturated rings. The molecule has 0 unspecified atom stereocenters. The third kappa shape index (κ3) is 2.59. The van der Waals surface area contributed by atoms with E-state index in [9.17, 15) is 4.79 Å². The van der Waals surface area contributed by atoms with Crippen molar-refractivity contribution in [3.63, 3.8) is 0 Å². The van der Waals surface area contributed by atoms with Crippen LogP contribution in [-0.4, -0.2) is 45.0 Å². The normalized spacial score (nSPS) is 22.3. The second kappa shape index (κ2) is 6.42. The Morgan fingerprint density at radius 2 is 2.07 bits per heavy atom. The number of aryl methyl sites for hydroxylation is 1. The minimum atomic E-state index is -0.221. The summed E-state index contributed by atoms with van der Waals surface area (Å²) in [6, 6.07) is 14.2. The van der Waals surface area contributed by atoms with Crippen molar-refractivity contribution in [2.45, 2.75) is 31.7 Å². The van der Waals surface area contributed by atoms with Gasteiger partial charge in [-0.15, -0.1) is 0 Å². The van der Waals surface area contributed by atoms with Crippen LogP contribution < -0.4 is 4.90 Å². The monoisotopic (exact) mass is 399 g/mol. The minimum Gasteiger partial charge on any atom is -0.355 e. The third-order valence-electron chi connectivity index (χ3n) is 6.81. The molecule has 2 aliphatic heterocycles. The van der Waals surface area contributed by atoms with Crippen molar-refractivity contribution in [3.05, 3.63) is 71.9 Å². The van der Waals surface area contributed by atoms with E-state index in [1.807, 2.05) is 42.3 Å². The lowest BCUT2D eigenvalue weighted by Gasteiger charge is -2.47. The van der Waals surface area contributed by atoms with Crippen molar-refractivity contribution < 1.29 is 4.79 Å². The average molecular weight is 399 g/mol. The van der Waals surface area contributed by atoms with Crippen molar-refractivity contribution in [1.82, 2.24) is 19.4 Å². The third-order valence-corrected chi connectivity index (χ3v) is 6.81. The molecule has 6 nitrogen and oxygen atoms in total. The number of hydrogen-bond acceptors (Lipinski definition) is 4. The summed E-state index contributed by atoms with van der Waals surface area (Å²) in [6.45, 7) is 4.36. The summed E-state index contributed by atoms with van der Waals surface area (Å²) in [7, 11) is 0. The first kappa shape index (κ1) is 17.7. The summed E-state index contributed by atoms with van der Waals surface area (Å²) >= 11 is 0. The van der Waals surface area contributed by atoms with Crippen LogP contribution in [0.3, 0.4) is 0 Å². The van der Waals surface area contributed by atoms with Crippen molar-refractivity contribution in [2.24, 2.45) is 5.92 Å². The largest absolute Gasteiger partial charge is 0.355 e. The number of fused-ring (bicyclic) bond motifs is 4. The predicted molar refractivity (Wildman–Crippen MR) is 115 cm³/mol. The van der Waals surface area contributed by atoms with Gasteiger partial charge in [0.2, 0.25) is 0 Å². The number of nitrogens with zero attached hydrogens (tertiary/aromatic N) is 5. The van der Waals surface area contributed by atoms with Gasteiger partial charge in [0, 0.05) is 37.7 Å². The van der Waals surface area contributed by atoms with Crippen molar-refractivity contribution >= 4 is 11.6 Å². The van der Waals surface area contributed by atoms with Crippen LogP contribution in [0.5, 0.6) is 0 Å². The van der Waals surface area contributed by atoms with Crippen LogP contribution in [0.1, 0.15) is 41.1 Å². The first-order valence-electron chi connectivity index (χ1n) is 10.8. The van der Waals surface area contributed by atoms with Gasteiger partial charge in [-0.3, -0.25) is 4.79 Å². The second-order valence-corrected chi connectivity index (χ2v) is 8.84. The van der Waals surface area contributed by atoms with Gasteiger partial charge in [0.1, 0.15) is 11.2 Å². The zero-order chi connectivity index (χ0) is 20.3. The molecule has 0 radical (unpaired) electrons. The Kier molecular flexibility index (Phi) is 3.79. The molecule has 30 heavy (non-hydrogen) atoms. The molecule has 3 aromatic rings. The number of anilines is 1. The number of carbonyl (C=O) groups is 1. The minimum absolute atomic E-state index is 0.0250. The summed E-state index contributed by atoms with van der Waals surface area (Å²) < 4.78 is 2.22. The van der Waals surface area contributed by atoms with Gasteiger partial charge in [-0.05, 0) is 68.5 Å². The number of rotatable bonds is 3. The van der Waals surface area contributed by atoms with Crippen LogP contribution in [-0.2, 0) is 5.54 Å². The fourth-order valence-electron chi connectivity index (χ4n) is 5.15. The maximum Gasteiger partial charge on any atom is 0.272 e. The van der Waals surface area contributed by atoms with Crippen LogP contribution in [0.2, 0.25) is 0 Å². The van der Waals surface area contributed by atoms with Gasteiger partial charge in [0.25, 0.3) is 5.91 Å². The van der Waals surface area contributed by atoms with E-state index in [2.05, 4.69) is 38.8 Å². The fourth-order valence-corrected chi connectivity index (χ4v) is 5.15. The maximum absolute atomic E-state index is 13.3. The fraction of sp³-hybridized carbons (Fsp3) is 0.375. The van der Waals surface area contributed by atoms with Gasteiger partial charge in [-0.1, -0.05) is 6.07 Å². The molecule has 0 bridgehead atoms. The molecule has 3 aliphatic rings. The van der Waals surface area contributed by atoms with Crippen LogP contribution in [0.15, 0.2) is 54.9 Å². The molecule has 1 atom stereocenters. The molecule has 1 aliphatic carbocycles. The highest BCUT2D eigenvalue weighted by atomic mass is 16.2. The molecule has 6 rings (SSSR count). The van der Waals surface area contributed by atoms with Gasteiger partial charge in [-0.25, -0.2) is 9.97 Å². The standard InChI is InChI=1S/C24H25N5O/c1-17-5-2-6-19(26-17)23(30)27-14-11-24(16-27)21-8-4-13-28(21)22-20(7-3-12-25-22)29(24)15-18-9-10-18/h2-8,12-13,18H,9-11,14-16H2,1H3/t24-/m1/s1. The zero-order valence-electron chi connectivity index (χ0n) is 17.2.